The summed E-state index contributed by atoms with van der Waals surface area (Å²) >= 11 is 3.31. The zero-order valence-electron chi connectivity index (χ0n) is 10.7. The van der Waals surface area contributed by atoms with Crippen LogP contribution in [0.2, 0.25) is 0 Å². The maximum Gasteiger partial charge on any atom is 0.241 e. The van der Waals surface area contributed by atoms with Crippen LogP contribution in [-0.2, 0) is 16.6 Å². The van der Waals surface area contributed by atoms with Crippen LogP contribution in [0.1, 0.15) is 11.1 Å². The predicted octanol–water partition coefficient (Wildman–Crippen LogP) is 2.38. The molecule has 2 aromatic rings. The number of benzene rings is 1. The van der Waals surface area contributed by atoms with E-state index < -0.39 is 10.0 Å². The lowest BCUT2D eigenvalue weighted by molar-refractivity contribution is 0.297. The van der Waals surface area contributed by atoms with Crippen molar-refractivity contribution >= 4 is 26.0 Å². The van der Waals surface area contributed by atoms with Crippen LogP contribution in [0.4, 0.5) is 0 Å². The number of hydrogen-bond donors (Lipinski definition) is 1. The third-order valence-electron chi connectivity index (χ3n) is 2.56. The molecule has 0 fully saturated rings. The average molecular weight is 357 g/mol. The van der Waals surface area contributed by atoms with Gasteiger partial charge in [-0.15, -0.1) is 0 Å². The molecular weight excluding hydrogens is 344 g/mol. The normalized spacial score (nSPS) is 11.3. The van der Waals surface area contributed by atoms with Gasteiger partial charge in [0.2, 0.25) is 10.0 Å². The molecule has 0 aliphatic rings. The SMILES string of the molecule is Cc1ccc(OCc2cncc(Br)c2)c(S(N)(=O)=O)c1. The number of ether oxygens (including phenoxy) is 1. The Morgan fingerprint density at radius 3 is 2.70 bits per heavy atom. The Hall–Kier alpha value is -1.44. The van der Waals surface area contributed by atoms with Gasteiger partial charge < -0.3 is 4.74 Å². The maximum atomic E-state index is 11.5. The summed E-state index contributed by atoms with van der Waals surface area (Å²) < 4.78 is 29.5. The fourth-order valence-corrected chi connectivity index (χ4v) is 2.82. The number of halogens is 1. The summed E-state index contributed by atoms with van der Waals surface area (Å²) in [5.41, 5.74) is 1.62. The number of rotatable bonds is 4. The smallest absolute Gasteiger partial charge is 0.241 e. The molecule has 0 bridgehead atoms. The Morgan fingerprint density at radius 1 is 1.30 bits per heavy atom. The molecule has 1 aromatic heterocycles. The molecule has 2 N–H and O–H groups in total. The summed E-state index contributed by atoms with van der Waals surface area (Å²) in [7, 11) is -3.82. The van der Waals surface area contributed by atoms with Crippen LogP contribution in [0.25, 0.3) is 0 Å². The van der Waals surface area contributed by atoms with Crippen LogP contribution in [-0.4, -0.2) is 13.4 Å². The molecule has 0 atom stereocenters. The Bertz CT molecular complexity index is 732. The molecular formula is C13H13BrN2O3S. The molecule has 5 nitrogen and oxygen atoms in total. The Labute approximate surface area is 126 Å². The largest absolute Gasteiger partial charge is 0.487 e. The van der Waals surface area contributed by atoms with Gasteiger partial charge in [-0.3, -0.25) is 4.98 Å². The first-order valence-electron chi connectivity index (χ1n) is 5.72. The van der Waals surface area contributed by atoms with Crippen molar-refractivity contribution in [3.05, 3.63) is 52.3 Å². The summed E-state index contributed by atoms with van der Waals surface area (Å²) in [5, 5.41) is 5.19. The van der Waals surface area contributed by atoms with Crippen molar-refractivity contribution in [2.24, 2.45) is 5.14 Å². The van der Waals surface area contributed by atoms with Crippen molar-refractivity contribution in [3.8, 4) is 5.75 Å². The van der Waals surface area contributed by atoms with Crippen LogP contribution in [0.3, 0.4) is 0 Å². The van der Waals surface area contributed by atoms with Crippen LogP contribution < -0.4 is 9.88 Å². The van der Waals surface area contributed by atoms with E-state index in [-0.39, 0.29) is 17.3 Å². The second-order valence-electron chi connectivity index (χ2n) is 4.30. The van der Waals surface area contributed by atoms with Crippen molar-refractivity contribution < 1.29 is 13.2 Å². The van der Waals surface area contributed by atoms with Crippen molar-refractivity contribution in [1.82, 2.24) is 4.98 Å². The fourth-order valence-electron chi connectivity index (χ4n) is 1.65. The molecule has 0 spiro atoms. The molecule has 0 aliphatic heterocycles. The topological polar surface area (TPSA) is 82.3 Å². The average Bonchev–Trinajstić information content (AvgIpc) is 2.36. The number of aryl methyl sites for hydroxylation is 1. The minimum atomic E-state index is -3.82. The highest BCUT2D eigenvalue weighted by molar-refractivity contribution is 9.10. The van der Waals surface area contributed by atoms with E-state index in [0.29, 0.717) is 0 Å². The van der Waals surface area contributed by atoms with E-state index in [1.54, 1.807) is 31.5 Å². The molecule has 106 valence electrons. The first-order valence-corrected chi connectivity index (χ1v) is 8.06. The fraction of sp³-hybridized carbons (Fsp3) is 0.154. The molecule has 1 aromatic carbocycles. The van der Waals surface area contributed by atoms with E-state index in [9.17, 15) is 8.42 Å². The number of sulfonamides is 1. The summed E-state index contributed by atoms with van der Waals surface area (Å²) in [5.74, 6) is 0.234. The minimum absolute atomic E-state index is 0.0135. The third kappa shape index (κ3) is 3.78. The highest BCUT2D eigenvalue weighted by Crippen LogP contribution is 2.25. The highest BCUT2D eigenvalue weighted by Gasteiger charge is 2.15. The van der Waals surface area contributed by atoms with Crippen molar-refractivity contribution in [2.45, 2.75) is 18.4 Å². The van der Waals surface area contributed by atoms with Crippen molar-refractivity contribution in [1.29, 1.82) is 0 Å². The zero-order chi connectivity index (χ0) is 14.8. The first kappa shape index (κ1) is 15.0. The lowest BCUT2D eigenvalue weighted by Crippen LogP contribution is -2.14. The Morgan fingerprint density at radius 2 is 2.05 bits per heavy atom. The number of aromatic nitrogens is 1. The second kappa shape index (κ2) is 5.90. The van der Waals surface area contributed by atoms with Gasteiger partial charge in [0.25, 0.3) is 0 Å². The van der Waals surface area contributed by atoms with Gasteiger partial charge in [-0.1, -0.05) is 6.07 Å². The highest BCUT2D eigenvalue weighted by atomic mass is 79.9. The lowest BCUT2D eigenvalue weighted by Gasteiger charge is -2.11. The van der Waals surface area contributed by atoms with Crippen LogP contribution in [0.15, 0.2) is 46.0 Å². The Balaban J connectivity index is 2.26. The van der Waals surface area contributed by atoms with E-state index >= 15 is 0 Å². The van der Waals surface area contributed by atoms with Gasteiger partial charge in [0.15, 0.2) is 0 Å². The monoisotopic (exact) mass is 356 g/mol. The quantitative estimate of drug-likeness (QED) is 0.911. The van der Waals surface area contributed by atoms with Crippen LogP contribution >= 0.6 is 15.9 Å². The molecule has 0 aliphatic carbocycles. The van der Waals surface area contributed by atoms with E-state index in [2.05, 4.69) is 20.9 Å². The third-order valence-corrected chi connectivity index (χ3v) is 3.93. The molecule has 2 rings (SSSR count). The number of primary sulfonamides is 1. The number of nitrogens with two attached hydrogens (primary N) is 1. The maximum absolute atomic E-state index is 11.5. The molecule has 0 unspecified atom stereocenters. The summed E-state index contributed by atoms with van der Waals surface area (Å²) in [4.78, 5) is 4.00. The van der Waals surface area contributed by atoms with Gasteiger partial charge in [-0.25, -0.2) is 13.6 Å². The Kier molecular flexibility index (Phi) is 4.42. The summed E-state index contributed by atoms with van der Waals surface area (Å²) in [6.07, 6.45) is 3.31. The van der Waals surface area contributed by atoms with Gasteiger partial charge in [-0.2, -0.15) is 0 Å². The zero-order valence-corrected chi connectivity index (χ0v) is 13.1. The van der Waals surface area contributed by atoms with Gasteiger partial charge >= 0.3 is 0 Å². The van der Waals surface area contributed by atoms with E-state index in [4.69, 9.17) is 9.88 Å². The predicted molar refractivity (Wildman–Crippen MR) is 78.8 cm³/mol. The molecule has 20 heavy (non-hydrogen) atoms. The van der Waals surface area contributed by atoms with Gasteiger partial charge in [0, 0.05) is 22.4 Å². The summed E-state index contributed by atoms with van der Waals surface area (Å²) in [6.45, 7) is 1.99. The van der Waals surface area contributed by atoms with Crippen molar-refractivity contribution in [2.75, 3.05) is 0 Å². The van der Waals surface area contributed by atoms with Gasteiger partial charge in [0.1, 0.15) is 17.3 Å². The molecule has 0 saturated carbocycles. The van der Waals surface area contributed by atoms with Gasteiger partial charge in [-0.05, 0) is 46.6 Å². The minimum Gasteiger partial charge on any atom is -0.487 e. The summed E-state index contributed by atoms with van der Waals surface area (Å²) in [6, 6.07) is 6.70. The molecule has 0 saturated heterocycles. The van der Waals surface area contributed by atoms with Gasteiger partial charge in [0.05, 0.1) is 0 Å². The van der Waals surface area contributed by atoms with Crippen LogP contribution in [0.5, 0.6) is 5.75 Å². The second-order valence-corrected chi connectivity index (χ2v) is 6.74. The molecule has 0 amide bonds. The number of nitrogens with zero attached hydrogens (tertiary/aromatic N) is 1. The molecule has 1 heterocycles. The number of pyridine rings is 1. The standard InChI is InChI=1S/C13H13BrN2O3S/c1-9-2-3-12(13(4-9)20(15,17)18)19-8-10-5-11(14)7-16-6-10/h2-7H,8H2,1H3,(H2,15,17,18). The van der Waals surface area contributed by atoms with E-state index in [0.717, 1.165) is 15.6 Å². The molecule has 0 radical (unpaired) electrons. The van der Waals surface area contributed by atoms with E-state index in [1.165, 1.54) is 6.07 Å². The first-order chi connectivity index (χ1) is 9.36. The van der Waals surface area contributed by atoms with Crippen molar-refractivity contribution in [3.63, 3.8) is 0 Å². The lowest BCUT2D eigenvalue weighted by atomic mass is 10.2. The van der Waals surface area contributed by atoms with E-state index in [1.807, 2.05) is 6.07 Å². The molecule has 7 heteroatoms. The van der Waals surface area contributed by atoms with Crippen LogP contribution in [0, 0.1) is 6.92 Å². The number of hydrogen-bond acceptors (Lipinski definition) is 4.